The van der Waals surface area contributed by atoms with Crippen LogP contribution in [0.15, 0.2) is 27.0 Å². The van der Waals surface area contributed by atoms with Gasteiger partial charge in [-0.3, -0.25) is 5.32 Å². The molecule has 3 aromatic rings. The van der Waals surface area contributed by atoms with Gasteiger partial charge < -0.3 is 8.83 Å². The summed E-state index contributed by atoms with van der Waals surface area (Å²) >= 11 is 5.98. The summed E-state index contributed by atoms with van der Waals surface area (Å²) in [6.07, 6.45) is 0. The number of hydrogen-bond acceptors (Lipinski definition) is 6. The van der Waals surface area contributed by atoms with Crippen LogP contribution in [0.25, 0.3) is 11.1 Å². The SMILES string of the molecule is Cc1nnc(Nc2nc3c(Cl)cccc3o2)o1. The number of anilines is 2. The highest BCUT2D eigenvalue weighted by Crippen LogP contribution is 2.26. The van der Waals surface area contributed by atoms with Crippen LogP contribution in [-0.2, 0) is 0 Å². The Kier molecular flexibility index (Phi) is 2.22. The molecule has 0 bridgehead atoms. The minimum atomic E-state index is 0.227. The molecule has 0 amide bonds. The molecule has 86 valence electrons. The van der Waals surface area contributed by atoms with E-state index in [4.69, 9.17) is 20.4 Å². The maximum Gasteiger partial charge on any atom is 0.323 e. The van der Waals surface area contributed by atoms with Crippen LogP contribution in [0.3, 0.4) is 0 Å². The second-order valence-corrected chi connectivity index (χ2v) is 3.76. The normalized spacial score (nSPS) is 10.9. The van der Waals surface area contributed by atoms with Gasteiger partial charge in [0.25, 0.3) is 0 Å². The van der Waals surface area contributed by atoms with Crippen molar-refractivity contribution >= 4 is 34.7 Å². The van der Waals surface area contributed by atoms with Gasteiger partial charge in [0.2, 0.25) is 5.89 Å². The Hall–Kier alpha value is -2.08. The van der Waals surface area contributed by atoms with Gasteiger partial charge in [-0.15, -0.1) is 5.10 Å². The summed E-state index contributed by atoms with van der Waals surface area (Å²) in [5.74, 6) is 0.460. The molecule has 0 saturated heterocycles. The molecule has 6 nitrogen and oxygen atoms in total. The number of rotatable bonds is 2. The lowest BCUT2D eigenvalue weighted by Gasteiger charge is -1.90. The summed E-state index contributed by atoms with van der Waals surface area (Å²) in [4.78, 5) is 4.18. The second kappa shape index (κ2) is 3.74. The van der Waals surface area contributed by atoms with E-state index in [1.165, 1.54) is 0 Å². The molecule has 2 aromatic heterocycles. The maximum absolute atomic E-state index is 5.98. The van der Waals surface area contributed by atoms with Crippen molar-refractivity contribution in [2.45, 2.75) is 6.92 Å². The molecule has 0 radical (unpaired) electrons. The predicted molar refractivity (Wildman–Crippen MR) is 61.3 cm³/mol. The highest BCUT2D eigenvalue weighted by molar-refractivity contribution is 6.34. The highest BCUT2D eigenvalue weighted by atomic mass is 35.5. The second-order valence-electron chi connectivity index (χ2n) is 3.36. The van der Waals surface area contributed by atoms with Gasteiger partial charge in [-0.1, -0.05) is 22.8 Å². The monoisotopic (exact) mass is 250 g/mol. The van der Waals surface area contributed by atoms with Crippen molar-refractivity contribution < 1.29 is 8.83 Å². The molecule has 0 spiro atoms. The van der Waals surface area contributed by atoms with Crippen LogP contribution in [0.1, 0.15) is 5.89 Å². The molecule has 0 aliphatic heterocycles. The van der Waals surface area contributed by atoms with Crippen LogP contribution in [0.2, 0.25) is 5.02 Å². The first-order valence-electron chi connectivity index (χ1n) is 4.84. The Morgan fingerprint density at radius 1 is 1.18 bits per heavy atom. The lowest BCUT2D eigenvalue weighted by atomic mass is 10.3. The Morgan fingerprint density at radius 2 is 2.06 bits per heavy atom. The zero-order valence-electron chi connectivity index (χ0n) is 8.77. The van der Waals surface area contributed by atoms with Crippen LogP contribution in [-0.4, -0.2) is 15.2 Å². The zero-order chi connectivity index (χ0) is 11.8. The number of halogens is 1. The van der Waals surface area contributed by atoms with Crippen LogP contribution < -0.4 is 5.32 Å². The van der Waals surface area contributed by atoms with E-state index in [0.717, 1.165) is 0 Å². The van der Waals surface area contributed by atoms with Crippen molar-refractivity contribution in [1.29, 1.82) is 0 Å². The molecule has 0 atom stereocenters. The molecule has 0 saturated carbocycles. The van der Waals surface area contributed by atoms with E-state index in [1.807, 2.05) is 0 Å². The van der Waals surface area contributed by atoms with Gasteiger partial charge in [-0.25, -0.2) is 0 Å². The molecule has 0 aliphatic carbocycles. The Balaban J connectivity index is 1.98. The van der Waals surface area contributed by atoms with E-state index in [9.17, 15) is 0 Å². The van der Waals surface area contributed by atoms with Gasteiger partial charge in [0.05, 0.1) is 5.02 Å². The Bertz CT molecular complexity index is 676. The third-order valence-electron chi connectivity index (χ3n) is 2.11. The average molecular weight is 251 g/mol. The fraction of sp³-hybridized carbons (Fsp3) is 0.100. The fourth-order valence-corrected chi connectivity index (χ4v) is 1.62. The fourth-order valence-electron chi connectivity index (χ4n) is 1.41. The molecular weight excluding hydrogens is 244 g/mol. The number of nitrogens with zero attached hydrogens (tertiary/aromatic N) is 3. The number of para-hydroxylation sites is 1. The van der Waals surface area contributed by atoms with Crippen LogP contribution in [0.4, 0.5) is 12.0 Å². The van der Waals surface area contributed by atoms with E-state index in [-0.39, 0.29) is 12.0 Å². The molecular formula is C10H7ClN4O2. The molecule has 1 aromatic carbocycles. The number of aryl methyl sites for hydroxylation is 1. The van der Waals surface area contributed by atoms with Crippen molar-refractivity contribution in [3.05, 3.63) is 29.1 Å². The molecule has 7 heteroatoms. The van der Waals surface area contributed by atoms with Gasteiger partial charge >= 0.3 is 12.0 Å². The number of aromatic nitrogens is 3. The van der Waals surface area contributed by atoms with E-state index in [1.54, 1.807) is 25.1 Å². The topological polar surface area (TPSA) is 77.0 Å². The van der Waals surface area contributed by atoms with Gasteiger partial charge in [-0.05, 0) is 12.1 Å². The quantitative estimate of drug-likeness (QED) is 0.753. The molecule has 17 heavy (non-hydrogen) atoms. The number of nitrogens with one attached hydrogen (secondary N) is 1. The van der Waals surface area contributed by atoms with Crippen LogP contribution in [0.5, 0.6) is 0 Å². The third-order valence-corrected chi connectivity index (χ3v) is 2.41. The first kappa shape index (κ1) is 10.1. The number of oxazole rings is 1. The smallest absolute Gasteiger partial charge is 0.323 e. The third kappa shape index (κ3) is 1.83. The number of hydrogen-bond donors (Lipinski definition) is 1. The van der Waals surface area contributed by atoms with Crippen molar-refractivity contribution in [2.75, 3.05) is 5.32 Å². The van der Waals surface area contributed by atoms with E-state index < -0.39 is 0 Å². The maximum atomic E-state index is 5.98. The molecule has 2 heterocycles. The molecule has 0 fully saturated rings. The predicted octanol–water partition coefficient (Wildman–Crippen LogP) is 2.92. The van der Waals surface area contributed by atoms with Gasteiger partial charge in [0.1, 0.15) is 5.52 Å². The van der Waals surface area contributed by atoms with E-state index in [0.29, 0.717) is 22.0 Å². The zero-order valence-corrected chi connectivity index (χ0v) is 9.52. The Labute approximate surface area is 101 Å². The number of benzene rings is 1. The van der Waals surface area contributed by atoms with Crippen LogP contribution in [0, 0.1) is 6.92 Å². The largest absolute Gasteiger partial charge is 0.423 e. The van der Waals surface area contributed by atoms with Crippen molar-refractivity contribution in [1.82, 2.24) is 15.2 Å². The van der Waals surface area contributed by atoms with Crippen molar-refractivity contribution in [3.63, 3.8) is 0 Å². The summed E-state index contributed by atoms with van der Waals surface area (Å²) in [6.45, 7) is 1.70. The minimum Gasteiger partial charge on any atom is -0.423 e. The van der Waals surface area contributed by atoms with Crippen molar-refractivity contribution in [3.8, 4) is 0 Å². The molecule has 3 rings (SSSR count). The summed E-state index contributed by atoms with van der Waals surface area (Å²) in [5.41, 5.74) is 1.18. The summed E-state index contributed by atoms with van der Waals surface area (Å²) in [6, 6.07) is 5.80. The molecule has 1 N–H and O–H groups in total. The molecule has 0 unspecified atom stereocenters. The van der Waals surface area contributed by atoms with Crippen LogP contribution >= 0.6 is 11.6 Å². The lowest BCUT2D eigenvalue weighted by molar-refractivity contribution is 0.528. The van der Waals surface area contributed by atoms with Gasteiger partial charge in [0.15, 0.2) is 5.58 Å². The average Bonchev–Trinajstić information content (AvgIpc) is 2.86. The Morgan fingerprint density at radius 3 is 2.76 bits per heavy atom. The molecule has 0 aliphatic rings. The van der Waals surface area contributed by atoms with E-state index >= 15 is 0 Å². The summed E-state index contributed by atoms with van der Waals surface area (Å²) in [5, 5.41) is 10.7. The first-order valence-corrected chi connectivity index (χ1v) is 5.22. The van der Waals surface area contributed by atoms with Gasteiger partial charge in [-0.2, -0.15) is 4.98 Å². The number of fused-ring (bicyclic) bond motifs is 1. The standard InChI is InChI=1S/C10H7ClN4O2/c1-5-14-15-10(16-5)13-9-12-8-6(11)3-2-4-7(8)17-9/h2-4H,1H3,(H,12,13,15). The summed E-state index contributed by atoms with van der Waals surface area (Å²) in [7, 11) is 0. The van der Waals surface area contributed by atoms with Gasteiger partial charge in [0, 0.05) is 6.92 Å². The highest BCUT2D eigenvalue weighted by Gasteiger charge is 2.11. The lowest BCUT2D eigenvalue weighted by Crippen LogP contribution is -1.89. The first-order chi connectivity index (χ1) is 8.22. The minimum absolute atomic E-state index is 0.227. The van der Waals surface area contributed by atoms with Crippen molar-refractivity contribution in [2.24, 2.45) is 0 Å². The van der Waals surface area contributed by atoms with E-state index in [2.05, 4.69) is 20.5 Å². The summed E-state index contributed by atoms with van der Waals surface area (Å²) < 4.78 is 10.6.